The standard InChI is InChI=1S/C10H14.C8H18.C4H8O.C2H6/c1-4-10-6-5-8(2)9(3)7-10;1-4-6-8(3)7-5-2;1-3-4(2)5;1-2/h5-7H,4H2,1-3H3;8H,4-7H2,1-3H3;3H2,1-2H3;1-2H3. The predicted molar refractivity (Wildman–Crippen MR) is 117 cm³/mol. The lowest BCUT2D eigenvalue weighted by Gasteiger charge is -2.05. The van der Waals surface area contributed by atoms with Crippen LogP contribution in [0.3, 0.4) is 0 Å². The van der Waals surface area contributed by atoms with E-state index in [4.69, 9.17) is 0 Å². The molecule has 1 aromatic carbocycles. The zero-order valence-corrected chi connectivity index (χ0v) is 19.0. The topological polar surface area (TPSA) is 17.1 Å². The molecular formula is C24H46O. The maximum absolute atomic E-state index is 9.81. The minimum atomic E-state index is 0.255. The highest BCUT2D eigenvalue weighted by Gasteiger charge is 1.95. The molecule has 0 saturated heterocycles. The lowest BCUT2D eigenvalue weighted by atomic mass is 10.0. The van der Waals surface area contributed by atoms with E-state index >= 15 is 0 Å². The maximum Gasteiger partial charge on any atom is 0.129 e. The zero-order valence-electron chi connectivity index (χ0n) is 19.0. The van der Waals surface area contributed by atoms with E-state index in [0.29, 0.717) is 6.42 Å². The summed E-state index contributed by atoms with van der Waals surface area (Å²) >= 11 is 0. The fourth-order valence-corrected chi connectivity index (χ4v) is 2.15. The van der Waals surface area contributed by atoms with Crippen molar-refractivity contribution in [1.29, 1.82) is 0 Å². The largest absolute Gasteiger partial charge is 0.300 e. The lowest BCUT2D eigenvalue weighted by molar-refractivity contribution is -0.116. The highest BCUT2D eigenvalue weighted by molar-refractivity contribution is 5.74. The fraction of sp³-hybridized carbons (Fsp3) is 0.708. The Morgan fingerprint density at radius 1 is 0.920 bits per heavy atom. The average molecular weight is 351 g/mol. The van der Waals surface area contributed by atoms with Crippen molar-refractivity contribution in [1.82, 2.24) is 0 Å². The molecule has 25 heavy (non-hydrogen) atoms. The van der Waals surface area contributed by atoms with E-state index in [0.717, 1.165) is 12.3 Å². The van der Waals surface area contributed by atoms with E-state index in [2.05, 4.69) is 59.7 Å². The molecule has 0 amide bonds. The van der Waals surface area contributed by atoms with Crippen LogP contribution >= 0.6 is 0 Å². The van der Waals surface area contributed by atoms with E-state index in [1.54, 1.807) is 6.92 Å². The Morgan fingerprint density at radius 2 is 1.36 bits per heavy atom. The van der Waals surface area contributed by atoms with Crippen LogP contribution in [0.4, 0.5) is 0 Å². The molecule has 0 radical (unpaired) electrons. The normalized spacial score (nSPS) is 9.08. The number of carbonyl (C=O) groups is 1. The molecule has 0 aromatic heterocycles. The molecular weight excluding hydrogens is 304 g/mol. The summed E-state index contributed by atoms with van der Waals surface area (Å²) in [5.74, 6) is 1.22. The molecule has 0 spiro atoms. The Morgan fingerprint density at radius 3 is 1.64 bits per heavy atom. The Bertz CT molecular complexity index is 401. The third kappa shape index (κ3) is 20.8. The van der Waals surface area contributed by atoms with Gasteiger partial charge in [0.1, 0.15) is 5.78 Å². The van der Waals surface area contributed by atoms with Crippen LogP contribution in [0.5, 0.6) is 0 Å². The molecule has 148 valence electrons. The molecule has 0 aliphatic carbocycles. The van der Waals surface area contributed by atoms with Gasteiger partial charge in [0, 0.05) is 6.42 Å². The zero-order chi connectivity index (χ0) is 20.3. The van der Waals surface area contributed by atoms with Crippen molar-refractivity contribution in [3.05, 3.63) is 34.9 Å². The number of benzene rings is 1. The number of ketones is 1. The minimum Gasteiger partial charge on any atom is -0.300 e. The number of hydrogen-bond donors (Lipinski definition) is 0. The summed E-state index contributed by atoms with van der Waals surface area (Å²) in [5.41, 5.74) is 4.22. The van der Waals surface area contributed by atoms with Crippen molar-refractivity contribution in [3.63, 3.8) is 0 Å². The second-order valence-electron chi connectivity index (χ2n) is 6.51. The maximum atomic E-state index is 9.81. The van der Waals surface area contributed by atoms with Gasteiger partial charge in [0.15, 0.2) is 0 Å². The summed E-state index contributed by atoms with van der Waals surface area (Å²) in [5, 5.41) is 0. The van der Waals surface area contributed by atoms with Gasteiger partial charge in [-0.25, -0.2) is 0 Å². The molecule has 0 bridgehead atoms. The number of Topliss-reactive ketones (excluding diaryl/α,β-unsaturated/α-hetero) is 1. The third-order valence-corrected chi connectivity index (χ3v) is 4.04. The Hall–Kier alpha value is -1.11. The highest BCUT2D eigenvalue weighted by atomic mass is 16.1. The van der Waals surface area contributed by atoms with Gasteiger partial charge in [-0.15, -0.1) is 0 Å². The first-order valence-corrected chi connectivity index (χ1v) is 10.4. The summed E-state index contributed by atoms with van der Waals surface area (Å²) in [7, 11) is 0. The Labute approximate surface area is 159 Å². The molecule has 0 fully saturated rings. The van der Waals surface area contributed by atoms with Crippen LogP contribution in [0.2, 0.25) is 0 Å². The number of hydrogen-bond acceptors (Lipinski definition) is 1. The van der Waals surface area contributed by atoms with Gasteiger partial charge in [-0.1, -0.05) is 92.3 Å². The number of carbonyl (C=O) groups excluding carboxylic acids is 1. The number of rotatable bonds is 6. The van der Waals surface area contributed by atoms with Crippen LogP contribution in [0.1, 0.15) is 104 Å². The first kappa shape index (κ1) is 28.7. The molecule has 0 atom stereocenters. The van der Waals surface area contributed by atoms with E-state index in [-0.39, 0.29) is 5.78 Å². The van der Waals surface area contributed by atoms with Crippen LogP contribution in [-0.4, -0.2) is 5.78 Å². The fourth-order valence-electron chi connectivity index (χ4n) is 2.15. The van der Waals surface area contributed by atoms with Crippen LogP contribution in [0.15, 0.2) is 18.2 Å². The summed E-state index contributed by atoms with van der Waals surface area (Å²) in [6.07, 6.45) is 7.32. The molecule has 0 unspecified atom stereocenters. The average Bonchev–Trinajstić information content (AvgIpc) is 2.60. The van der Waals surface area contributed by atoms with Gasteiger partial charge in [-0.3, -0.25) is 0 Å². The Kier molecular flexibility index (Phi) is 24.0. The molecule has 1 nitrogen and oxygen atoms in total. The highest BCUT2D eigenvalue weighted by Crippen LogP contribution is 2.11. The lowest BCUT2D eigenvalue weighted by Crippen LogP contribution is -1.91. The molecule has 0 saturated carbocycles. The monoisotopic (exact) mass is 350 g/mol. The van der Waals surface area contributed by atoms with E-state index in [1.807, 2.05) is 20.8 Å². The summed E-state index contributed by atoms with van der Waals surface area (Å²) in [6, 6.07) is 6.64. The van der Waals surface area contributed by atoms with Gasteiger partial charge >= 0.3 is 0 Å². The quantitative estimate of drug-likeness (QED) is 0.506. The van der Waals surface area contributed by atoms with Gasteiger partial charge in [0.25, 0.3) is 0 Å². The smallest absolute Gasteiger partial charge is 0.129 e. The summed E-state index contributed by atoms with van der Waals surface area (Å²) in [6.45, 7) is 20.8. The molecule has 0 N–H and O–H groups in total. The van der Waals surface area contributed by atoms with Gasteiger partial charge < -0.3 is 4.79 Å². The van der Waals surface area contributed by atoms with Crippen LogP contribution < -0.4 is 0 Å². The van der Waals surface area contributed by atoms with Gasteiger partial charge in [-0.05, 0) is 49.8 Å². The van der Waals surface area contributed by atoms with Gasteiger partial charge in [0.05, 0.1) is 0 Å². The third-order valence-electron chi connectivity index (χ3n) is 4.04. The van der Waals surface area contributed by atoms with Crippen molar-refractivity contribution in [2.75, 3.05) is 0 Å². The molecule has 0 aliphatic rings. The van der Waals surface area contributed by atoms with Crippen molar-refractivity contribution in [2.24, 2.45) is 5.92 Å². The molecule has 1 rings (SSSR count). The van der Waals surface area contributed by atoms with E-state index in [9.17, 15) is 4.79 Å². The number of aryl methyl sites for hydroxylation is 3. The first-order chi connectivity index (χ1) is 11.8. The molecule has 1 aromatic rings. The van der Waals surface area contributed by atoms with Crippen LogP contribution in [-0.2, 0) is 11.2 Å². The van der Waals surface area contributed by atoms with Gasteiger partial charge in [0.2, 0.25) is 0 Å². The van der Waals surface area contributed by atoms with Crippen molar-refractivity contribution in [3.8, 4) is 0 Å². The van der Waals surface area contributed by atoms with E-state index in [1.165, 1.54) is 42.4 Å². The SMILES string of the molecule is CC.CCC(C)=O.CCCC(C)CCC.CCc1ccc(C)c(C)c1. The van der Waals surface area contributed by atoms with Crippen LogP contribution in [0.25, 0.3) is 0 Å². The summed E-state index contributed by atoms with van der Waals surface area (Å²) in [4.78, 5) is 9.81. The minimum absolute atomic E-state index is 0.255. The van der Waals surface area contributed by atoms with Gasteiger partial charge in [-0.2, -0.15) is 0 Å². The molecule has 1 heteroatoms. The Balaban J connectivity index is -0.000000291. The summed E-state index contributed by atoms with van der Waals surface area (Å²) < 4.78 is 0. The predicted octanol–water partition coefficient (Wildman–Crippen LogP) is 8.10. The van der Waals surface area contributed by atoms with E-state index < -0.39 is 0 Å². The van der Waals surface area contributed by atoms with Crippen LogP contribution in [0, 0.1) is 19.8 Å². The van der Waals surface area contributed by atoms with Crippen molar-refractivity contribution >= 4 is 5.78 Å². The van der Waals surface area contributed by atoms with Crippen molar-refractivity contribution in [2.45, 2.75) is 108 Å². The second-order valence-corrected chi connectivity index (χ2v) is 6.51. The second kappa shape index (κ2) is 20.9. The molecule has 0 heterocycles. The molecule has 0 aliphatic heterocycles. The van der Waals surface area contributed by atoms with Crippen molar-refractivity contribution < 1.29 is 4.79 Å². The first-order valence-electron chi connectivity index (χ1n) is 10.4.